The van der Waals surface area contributed by atoms with Crippen molar-refractivity contribution >= 4 is 22.7 Å². The zero-order chi connectivity index (χ0) is 28.6. The van der Waals surface area contributed by atoms with Crippen molar-refractivity contribution in [3.8, 4) is 6.07 Å². The van der Waals surface area contributed by atoms with Gasteiger partial charge in [-0.15, -0.1) is 0 Å². The largest absolute Gasteiger partial charge is 0.460 e. The smallest absolute Gasteiger partial charge is 0.253 e. The number of carbonyl (C=O) groups excluding carboxylic acids is 2. The second kappa shape index (κ2) is 13.0. The summed E-state index contributed by atoms with van der Waals surface area (Å²) in [6, 6.07) is 23.4. The summed E-state index contributed by atoms with van der Waals surface area (Å²) >= 11 is 0. The van der Waals surface area contributed by atoms with Crippen LogP contribution < -0.4 is 11.2 Å². The maximum absolute atomic E-state index is 13.6. The summed E-state index contributed by atoms with van der Waals surface area (Å²) < 4.78 is 6.30. The lowest BCUT2D eigenvalue weighted by molar-refractivity contribution is 0.0729. The van der Waals surface area contributed by atoms with Gasteiger partial charge in [0.15, 0.2) is 11.2 Å². The summed E-state index contributed by atoms with van der Waals surface area (Å²) in [7, 11) is 0. The third-order valence-corrected chi connectivity index (χ3v) is 6.95. The number of hydrogen-bond acceptors (Lipinski definition) is 6. The summed E-state index contributed by atoms with van der Waals surface area (Å²) in [5, 5.41) is 9.80. The Morgan fingerprint density at radius 3 is 2.38 bits per heavy atom. The molecule has 204 valence electrons. The van der Waals surface area contributed by atoms with Crippen molar-refractivity contribution in [1.29, 1.82) is 5.26 Å². The number of ketones is 1. The maximum atomic E-state index is 13.6. The van der Waals surface area contributed by atoms with E-state index in [0.717, 1.165) is 5.56 Å². The lowest BCUT2D eigenvalue weighted by Gasteiger charge is -2.26. The van der Waals surface area contributed by atoms with Gasteiger partial charge in [0.05, 0.1) is 17.0 Å². The number of nitriles is 1. The molecule has 0 bridgehead atoms. The molecule has 40 heavy (non-hydrogen) atoms. The Hall–Kier alpha value is -4.54. The lowest BCUT2D eigenvalue weighted by Crippen LogP contribution is -2.37. The Labute approximate surface area is 233 Å². The van der Waals surface area contributed by atoms with Crippen LogP contribution in [0.5, 0.6) is 0 Å². The third kappa shape index (κ3) is 6.71. The van der Waals surface area contributed by atoms with E-state index in [9.17, 15) is 19.6 Å². The number of carbonyl (C=O) groups is 2. The van der Waals surface area contributed by atoms with Gasteiger partial charge in [0.2, 0.25) is 0 Å². The molecule has 0 saturated heterocycles. The highest BCUT2D eigenvalue weighted by Crippen LogP contribution is 2.23. The van der Waals surface area contributed by atoms with E-state index in [4.69, 9.17) is 10.2 Å². The molecule has 3 aromatic carbocycles. The van der Waals surface area contributed by atoms with Crippen LogP contribution in [-0.4, -0.2) is 36.2 Å². The van der Waals surface area contributed by atoms with Crippen LogP contribution in [0, 0.1) is 17.2 Å². The SMILES string of the molecule is CC(=O)c1ccc(C(=O)N(CCCN)CC(C)Cc2oc3cc(C#N)ccc3c(=O)c2Cc2ccccc2)cc1. The fourth-order valence-corrected chi connectivity index (χ4v) is 4.84. The van der Waals surface area contributed by atoms with Crippen molar-refractivity contribution in [2.75, 3.05) is 19.6 Å². The van der Waals surface area contributed by atoms with Crippen LogP contribution in [0.2, 0.25) is 0 Å². The van der Waals surface area contributed by atoms with Gasteiger partial charge in [0.25, 0.3) is 5.91 Å². The predicted octanol–water partition coefficient (Wildman–Crippen LogP) is 5.13. The van der Waals surface area contributed by atoms with Crippen LogP contribution in [0.1, 0.15) is 63.4 Å². The molecule has 1 heterocycles. The van der Waals surface area contributed by atoms with Gasteiger partial charge in [0, 0.05) is 42.6 Å². The summed E-state index contributed by atoms with van der Waals surface area (Å²) in [6.45, 7) is 4.87. The molecule has 1 amide bonds. The molecule has 2 N–H and O–H groups in total. The molecule has 4 aromatic rings. The Bertz CT molecular complexity index is 1600. The topological polar surface area (TPSA) is 117 Å². The Balaban J connectivity index is 1.64. The molecule has 0 saturated carbocycles. The van der Waals surface area contributed by atoms with Gasteiger partial charge in [0.1, 0.15) is 11.3 Å². The van der Waals surface area contributed by atoms with Gasteiger partial charge in [-0.25, -0.2) is 0 Å². The Morgan fingerprint density at radius 1 is 1.02 bits per heavy atom. The molecule has 1 atom stereocenters. The van der Waals surface area contributed by atoms with Gasteiger partial charge >= 0.3 is 0 Å². The van der Waals surface area contributed by atoms with Crippen molar-refractivity contribution in [2.24, 2.45) is 11.7 Å². The van der Waals surface area contributed by atoms with Crippen LogP contribution in [-0.2, 0) is 12.8 Å². The van der Waals surface area contributed by atoms with E-state index in [0.29, 0.717) is 77.9 Å². The third-order valence-electron chi connectivity index (χ3n) is 6.95. The first-order valence-electron chi connectivity index (χ1n) is 13.4. The van der Waals surface area contributed by atoms with Crippen molar-refractivity contribution in [3.05, 3.63) is 117 Å². The average molecular weight is 536 g/mol. The maximum Gasteiger partial charge on any atom is 0.253 e. The first-order valence-corrected chi connectivity index (χ1v) is 13.4. The van der Waals surface area contributed by atoms with E-state index in [1.807, 2.05) is 37.3 Å². The molecule has 0 aliphatic heterocycles. The average Bonchev–Trinajstić information content (AvgIpc) is 2.97. The molecular weight excluding hydrogens is 502 g/mol. The lowest BCUT2D eigenvalue weighted by atomic mass is 9.96. The van der Waals surface area contributed by atoms with Gasteiger partial charge < -0.3 is 15.1 Å². The van der Waals surface area contributed by atoms with Crippen molar-refractivity contribution in [3.63, 3.8) is 0 Å². The molecule has 7 nitrogen and oxygen atoms in total. The highest BCUT2D eigenvalue weighted by Gasteiger charge is 2.22. The second-order valence-corrected chi connectivity index (χ2v) is 10.2. The molecule has 0 fully saturated rings. The summed E-state index contributed by atoms with van der Waals surface area (Å²) in [4.78, 5) is 40.5. The summed E-state index contributed by atoms with van der Waals surface area (Å²) in [5.74, 6) is 0.310. The zero-order valence-electron chi connectivity index (χ0n) is 22.9. The number of nitrogens with two attached hydrogens (primary N) is 1. The van der Waals surface area contributed by atoms with Crippen molar-refractivity contribution in [2.45, 2.75) is 33.1 Å². The number of benzene rings is 3. The fourth-order valence-electron chi connectivity index (χ4n) is 4.84. The number of hydrogen-bond donors (Lipinski definition) is 1. The standard InChI is InChI=1S/C33H33N3O4/c1-22(21-36(16-6-15-34)33(39)27-12-10-26(11-13-27)23(2)37)17-30-29(18-24-7-4-3-5-8-24)32(38)28-14-9-25(20-35)19-31(28)40-30/h3-5,7-14,19,22H,6,15-18,21,34H2,1-2H3. The van der Waals surface area contributed by atoms with E-state index in [-0.39, 0.29) is 23.0 Å². The highest BCUT2D eigenvalue weighted by molar-refractivity contribution is 5.97. The molecule has 4 rings (SSSR count). The summed E-state index contributed by atoms with van der Waals surface area (Å²) in [6.07, 6.45) is 1.49. The van der Waals surface area contributed by atoms with Gasteiger partial charge in [-0.2, -0.15) is 5.26 Å². The number of rotatable bonds is 11. The molecular formula is C33H33N3O4. The Morgan fingerprint density at radius 2 is 1.73 bits per heavy atom. The summed E-state index contributed by atoms with van der Waals surface area (Å²) in [5.41, 5.74) is 9.07. The number of fused-ring (bicyclic) bond motifs is 1. The van der Waals surface area contributed by atoms with Crippen LogP contribution in [0.4, 0.5) is 0 Å². The fraction of sp³-hybridized carbons (Fsp3) is 0.273. The normalized spacial score (nSPS) is 11.7. The molecule has 0 spiro atoms. The highest BCUT2D eigenvalue weighted by atomic mass is 16.3. The van der Waals surface area contributed by atoms with E-state index in [1.165, 1.54) is 6.92 Å². The zero-order valence-corrected chi connectivity index (χ0v) is 22.9. The van der Waals surface area contributed by atoms with E-state index >= 15 is 0 Å². The van der Waals surface area contributed by atoms with Gasteiger partial charge in [-0.1, -0.05) is 49.4 Å². The van der Waals surface area contributed by atoms with E-state index in [2.05, 4.69) is 6.07 Å². The number of nitrogens with zero attached hydrogens (tertiary/aromatic N) is 2. The molecule has 7 heteroatoms. The minimum atomic E-state index is -0.140. The first-order chi connectivity index (χ1) is 19.3. The number of amides is 1. The van der Waals surface area contributed by atoms with Crippen molar-refractivity contribution < 1.29 is 14.0 Å². The van der Waals surface area contributed by atoms with Crippen LogP contribution in [0.25, 0.3) is 11.0 Å². The molecule has 0 aliphatic carbocycles. The van der Waals surface area contributed by atoms with E-state index < -0.39 is 0 Å². The molecule has 0 aliphatic rings. The van der Waals surface area contributed by atoms with Gasteiger partial charge in [-0.05, 0) is 61.7 Å². The minimum Gasteiger partial charge on any atom is -0.460 e. The molecule has 1 aromatic heterocycles. The van der Waals surface area contributed by atoms with Crippen LogP contribution >= 0.6 is 0 Å². The number of Topliss-reactive ketones (excluding diaryl/α,β-unsaturated/α-hetero) is 1. The Kier molecular flexibility index (Phi) is 9.26. The molecule has 0 radical (unpaired) electrons. The van der Waals surface area contributed by atoms with Crippen LogP contribution in [0.3, 0.4) is 0 Å². The van der Waals surface area contributed by atoms with Crippen LogP contribution in [0.15, 0.2) is 82.0 Å². The van der Waals surface area contributed by atoms with E-state index in [1.54, 1.807) is 47.4 Å². The van der Waals surface area contributed by atoms with Gasteiger partial charge in [-0.3, -0.25) is 14.4 Å². The predicted molar refractivity (Wildman–Crippen MR) is 155 cm³/mol. The molecule has 1 unspecified atom stereocenters. The minimum absolute atomic E-state index is 0.0486. The monoisotopic (exact) mass is 535 g/mol. The quantitative estimate of drug-likeness (QED) is 0.266. The first kappa shape index (κ1) is 28.5. The van der Waals surface area contributed by atoms with Crippen molar-refractivity contribution in [1.82, 2.24) is 4.90 Å². The second-order valence-electron chi connectivity index (χ2n) is 10.2.